The third kappa shape index (κ3) is 4.21. The lowest BCUT2D eigenvalue weighted by molar-refractivity contribution is -0.385. The minimum Gasteiger partial charge on any atom is -0.258 e. The Bertz CT molecular complexity index is 1010. The van der Waals surface area contributed by atoms with Crippen LogP contribution in [0.1, 0.15) is 22.7 Å². The molecule has 138 valence electrons. The number of non-ortho nitro benzene ring substituents is 1. The second kappa shape index (κ2) is 7.69. The molecule has 0 aliphatic carbocycles. The zero-order valence-corrected chi connectivity index (χ0v) is 15.4. The molecule has 0 atom stereocenters. The summed E-state index contributed by atoms with van der Waals surface area (Å²) in [5.74, 6) is 0. The standard InChI is InChI=1S/C20H18N2O4S/c1-15-12-13-18(22(23)24)14-19(15)27(25,26)21-20(16-8-4-2-5-9-16)17-10-6-3-7-11-17/h2-14,20-21H,1H3. The molecule has 0 saturated carbocycles. The Labute approximate surface area is 157 Å². The van der Waals surface area contributed by atoms with E-state index in [-0.39, 0.29) is 10.6 Å². The number of benzene rings is 3. The number of nitro benzene ring substituents is 1. The summed E-state index contributed by atoms with van der Waals surface area (Å²) in [4.78, 5) is 10.3. The van der Waals surface area contributed by atoms with Crippen molar-refractivity contribution in [3.05, 3.63) is 106 Å². The van der Waals surface area contributed by atoms with Crippen molar-refractivity contribution in [1.82, 2.24) is 4.72 Å². The van der Waals surface area contributed by atoms with E-state index in [4.69, 9.17) is 0 Å². The van der Waals surface area contributed by atoms with E-state index >= 15 is 0 Å². The number of nitrogens with one attached hydrogen (secondary N) is 1. The molecule has 0 unspecified atom stereocenters. The second-order valence-corrected chi connectivity index (χ2v) is 7.76. The Kier molecular flexibility index (Phi) is 5.34. The van der Waals surface area contributed by atoms with Gasteiger partial charge in [0.1, 0.15) is 0 Å². The summed E-state index contributed by atoms with van der Waals surface area (Å²) >= 11 is 0. The average molecular weight is 382 g/mol. The van der Waals surface area contributed by atoms with Crippen molar-refractivity contribution < 1.29 is 13.3 Å². The Balaban J connectivity index is 2.06. The van der Waals surface area contributed by atoms with Gasteiger partial charge in [-0.3, -0.25) is 10.1 Å². The van der Waals surface area contributed by atoms with E-state index in [1.807, 2.05) is 60.7 Å². The Morgan fingerprint density at radius 1 is 0.889 bits per heavy atom. The highest BCUT2D eigenvalue weighted by Gasteiger charge is 2.25. The van der Waals surface area contributed by atoms with Gasteiger partial charge < -0.3 is 0 Å². The molecule has 0 heterocycles. The number of nitrogens with zero attached hydrogens (tertiary/aromatic N) is 1. The highest BCUT2D eigenvalue weighted by atomic mass is 32.2. The lowest BCUT2D eigenvalue weighted by Gasteiger charge is -2.20. The first-order chi connectivity index (χ1) is 12.9. The zero-order chi connectivity index (χ0) is 19.4. The van der Waals surface area contributed by atoms with Crippen LogP contribution < -0.4 is 4.72 Å². The van der Waals surface area contributed by atoms with Crippen LogP contribution in [0.5, 0.6) is 0 Å². The van der Waals surface area contributed by atoms with E-state index in [2.05, 4.69) is 4.72 Å². The van der Waals surface area contributed by atoms with Gasteiger partial charge in [-0.1, -0.05) is 66.7 Å². The molecule has 0 bridgehead atoms. The fraction of sp³-hybridized carbons (Fsp3) is 0.100. The molecule has 27 heavy (non-hydrogen) atoms. The van der Waals surface area contributed by atoms with Crippen LogP contribution in [0.25, 0.3) is 0 Å². The van der Waals surface area contributed by atoms with Gasteiger partial charge in [-0.2, -0.15) is 4.72 Å². The van der Waals surface area contributed by atoms with E-state index in [0.717, 1.165) is 17.2 Å². The van der Waals surface area contributed by atoms with E-state index < -0.39 is 21.0 Å². The summed E-state index contributed by atoms with van der Waals surface area (Å²) < 4.78 is 28.8. The first-order valence-electron chi connectivity index (χ1n) is 8.26. The number of hydrogen-bond donors (Lipinski definition) is 1. The maximum Gasteiger partial charge on any atom is 0.270 e. The molecule has 3 aromatic carbocycles. The fourth-order valence-corrected chi connectivity index (χ4v) is 4.31. The SMILES string of the molecule is Cc1ccc([N+](=O)[O-])cc1S(=O)(=O)NC(c1ccccc1)c1ccccc1. The Morgan fingerprint density at radius 2 is 1.41 bits per heavy atom. The molecule has 7 heteroatoms. The van der Waals surface area contributed by atoms with Crippen LogP contribution in [0.3, 0.4) is 0 Å². The number of sulfonamides is 1. The monoisotopic (exact) mass is 382 g/mol. The largest absolute Gasteiger partial charge is 0.270 e. The molecule has 0 aliphatic rings. The summed E-state index contributed by atoms with van der Waals surface area (Å²) in [6.07, 6.45) is 0. The van der Waals surface area contributed by atoms with Crippen LogP contribution in [0.4, 0.5) is 5.69 Å². The van der Waals surface area contributed by atoms with Crippen LogP contribution in [0.15, 0.2) is 83.8 Å². The van der Waals surface area contributed by atoms with E-state index in [0.29, 0.717) is 5.56 Å². The maximum atomic E-state index is 13.1. The summed E-state index contributed by atoms with van der Waals surface area (Å²) in [7, 11) is -4.00. The molecular weight excluding hydrogens is 364 g/mol. The van der Waals surface area contributed by atoms with Crippen LogP contribution in [-0.4, -0.2) is 13.3 Å². The van der Waals surface area contributed by atoms with Crippen molar-refractivity contribution in [3.8, 4) is 0 Å². The van der Waals surface area contributed by atoms with Crippen LogP contribution in [0, 0.1) is 17.0 Å². The number of rotatable bonds is 6. The minimum absolute atomic E-state index is 0.103. The molecule has 0 radical (unpaired) electrons. The number of nitro groups is 1. The highest BCUT2D eigenvalue weighted by Crippen LogP contribution is 2.27. The summed E-state index contributed by atoms with van der Waals surface area (Å²) in [6.45, 7) is 1.61. The summed E-state index contributed by atoms with van der Waals surface area (Å²) in [6, 6.07) is 21.6. The molecule has 3 aromatic rings. The minimum atomic E-state index is -4.00. The fourth-order valence-electron chi connectivity index (χ4n) is 2.83. The van der Waals surface area contributed by atoms with Gasteiger partial charge >= 0.3 is 0 Å². The lowest BCUT2D eigenvalue weighted by Crippen LogP contribution is -2.30. The molecule has 1 N–H and O–H groups in total. The van der Waals surface area contributed by atoms with Gasteiger partial charge in [-0.05, 0) is 23.6 Å². The van der Waals surface area contributed by atoms with E-state index in [1.54, 1.807) is 6.92 Å². The zero-order valence-electron chi connectivity index (χ0n) is 14.6. The van der Waals surface area contributed by atoms with Crippen molar-refractivity contribution in [3.63, 3.8) is 0 Å². The van der Waals surface area contributed by atoms with Gasteiger partial charge in [0.05, 0.1) is 15.9 Å². The first-order valence-corrected chi connectivity index (χ1v) is 9.74. The van der Waals surface area contributed by atoms with Gasteiger partial charge in [0, 0.05) is 12.1 Å². The topological polar surface area (TPSA) is 89.3 Å². The van der Waals surface area contributed by atoms with Gasteiger partial charge in [0.2, 0.25) is 10.0 Å². The van der Waals surface area contributed by atoms with Crippen LogP contribution in [0.2, 0.25) is 0 Å². The molecule has 0 saturated heterocycles. The predicted molar refractivity (Wildman–Crippen MR) is 103 cm³/mol. The van der Waals surface area contributed by atoms with Gasteiger partial charge in [0.15, 0.2) is 0 Å². The highest BCUT2D eigenvalue weighted by molar-refractivity contribution is 7.89. The van der Waals surface area contributed by atoms with Crippen molar-refractivity contribution in [1.29, 1.82) is 0 Å². The molecule has 0 aromatic heterocycles. The normalized spacial score (nSPS) is 11.5. The molecule has 6 nitrogen and oxygen atoms in total. The van der Waals surface area contributed by atoms with Crippen molar-refractivity contribution >= 4 is 15.7 Å². The van der Waals surface area contributed by atoms with Crippen LogP contribution in [-0.2, 0) is 10.0 Å². The predicted octanol–water partition coefficient (Wildman–Crippen LogP) is 3.97. The van der Waals surface area contributed by atoms with E-state index in [9.17, 15) is 18.5 Å². The number of hydrogen-bond acceptors (Lipinski definition) is 4. The van der Waals surface area contributed by atoms with Gasteiger partial charge in [-0.15, -0.1) is 0 Å². The molecule has 0 aliphatic heterocycles. The third-order valence-corrected chi connectivity index (χ3v) is 5.78. The second-order valence-electron chi connectivity index (χ2n) is 6.08. The molecule has 0 amide bonds. The average Bonchev–Trinajstić information content (AvgIpc) is 2.67. The van der Waals surface area contributed by atoms with Crippen molar-refractivity contribution in [2.24, 2.45) is 0 Å². The smallest absolute Gasteiger partial charge is 0.258 e. The Hall–Kier alpha value is -3.03. The lowest BCUT2D eigenvalue weighted by atomic mass is 10.00. The summed E-state index contributed by atoms with van der Waals surface area (Å²) in [5, 5.41) is 11.0. The van der Waals surface area contributed by atoms with E-state index in [1.165, 1.54) is 12.1 Å². The third-order valence-electron chi connectivity index (χ3n) is 4.21. The Morgan fingerprint density at radius 3 is 1.89 bits per heavy atom. The van der Waals surface area contributed by atoms with Gasteiger partial charge in [0.25, 0.3) is 5.69 Å². The molecular formula is C20H18N2O4S. The maximum absolute atomic E-state index is 13.1. The van der Waals surface area contributed by atoms with Gasteiger partial charge in [-0.25, -0.2) is 8.42 Å². The van der Waals surface area contributed by atoms with Crippen LogP contribution >= 0.6 is 0 Å². The molecule has 0 spiro atoms. The van der Waals surface area contributed by atoms with Crippen molar-refractivity contribution in [2.45, 2.75) is 17.9 Å². The molecule has 3 rings (SSSR count). The molecule has 0 fully saturated rings. The van der Waals surface area contributed by atoms with Crippen molar-refractivity contribution in [2.75, 3.05) is 0 Å². The quantitative estimate of drug-likeness (QED) is 0.516. The first kappa shape index (κ1) is 18.8. The summed E-state index contributed by atoms with van der Waals surface area (Å²) in [5.41, 5.74) is 1.72. The number of aryl methyl sites for hydroxylation is 1.